The van der Waals surface area contributed by atoms with Crippen LogP contribution in [0.4, 0.5) is 0 Å². The number of rotatable bonds is 7. The van der Waals surface area contributed by atoms with Crippen LogP contribution >= 0.6 is 11.6 Å². The molecule has 0 saturated carbocycles. The highest BCUT2D eigenvalue weighted by Crippen LogP contribution is 2.29. The summed E-state index contributed by atoms with van der Waals surface area (Å²) in [5, 5.41) is 0.602. The molecule has 0 N–H and O–H groups in total. The average Bonchev–Trinajstić information content (AvgIpc) is 2.58. The van der Waals surface area contributed by atoms with Crippen LogP contribution in [0.1, 0.15) is 25.0 Å². The predicted octanol–water partition coefficient (Wildman–Crippen LogP) is 5.06. The van der Waals surface area contributed by atoms with Gasteiger partial charge in [-0.1, -0.05) is 17.7 Å². The van der Waals surface area contributed by atoms with Gasteiger partial charge >= 0.3 is 5.97 Å². The Labute approximate surface area is 153 Å². The standard InChI is InChI=1S/C20H21ClO4/c1-4-23-18-9-6-15(13-19(18)24-5-2)7-11-20(22)25-17-10-8-16(21)12-14(17)3/h6-13H,4-5H2,1-3H3/b11-7+. The molecule has 2 aromatic rings. The normalized spacial score (nSPS) is 10.7. The van der Waals surface area contributed by atoms with Crippen molar-refractivity contribution in [1.82, 2.24) is 0 Å². The quantitative estimate of drug-likeness (QED) is 0.393. The molecule has 0 radical (unpaired) electrons. The first kappa shape index (κ1) is 18.9. The molecule has 4 nitrogen and oxygen atoms in total. The highest BCUT2D eigenvalue weighted by molar-refractivity contribution is 6.30. The SMILES string of the molecule is CCOc1ccc(/C=C/C(=O)Oc2ccc(Cl)cc2C)cc1OCC. The van der Waals surface area contributed by atoms with E-state index in [0.29, 0.717) is 35.5 Å². The third-order valence-electron chi connectivity index (χ3n) is 3.33. The van der Waals surface area contributed by atoms with Crippen LogP contribution in [0, 0.1) is 6.92 Å². The molecule has 0 fully saturated rings. The summed E-state index contributed by atoms with van der Waals surface area (Å²) in [5.74, 6) is 1.35. The van der Waals surface area contributed by atoms with Gasteiger partial charge in [0.15, 0.2) is 11.5 Å². The molecule has 2 aromatic carbocycles. The Kier molecular flexibility index (Phi) is 6.90. The molecule has 0 spiro atoms. The first-order chi connectivity index (χ1) is 12.0. The van der Waals surface area contributed by atoms with Crippen molar-refractivity contribution < 1.29 is 19.0 Å². The van der Waals surface area contributed by atoms with Crippen molar-refractivity contribution in [2.24, 2.45) is 0 Å². The van der Waals surface area contributed by atoms with E-state index >= 15 is 0 Å². The van der Waals surface area contributed by atoms with Crippen LogP contribution < -0.4 is 14.2 Å². The van der Waals surface area contributed by atoms with Crippen LogP contribution in [0.3, 0.4) is 0 Å². The Morgan fingerprint density at radius 1 is 1.00 bits per heavy atom. The summed E-state index contributed by atoms with van der Waals surface area (Å²) in [6, 6.07) is 10.6. The largest absolute Gasteiger partial charge is 0.490 e. The lowest BCUT2D eigenvalue weighted by molar-refractivity contribution is -0.128. The van der Waals surface area contributed by atoms with Gasteiger partial charge in [0.25, 0.3) is 0 Å². The third-order valence-corrected chi connectivity index (χ3v) is 3.56. The van der Waals surface area contributed by atoms with E-state index in [1.807, 2.05) is 39.0 Å². The van der Waals surface area contributed by atoms with Crippen LogP contribution in [-0.2, 0) is 4.79 Å². The lowest BCUT2D eigenvalue weighted by Crippen LogP contribution is -2.04. The number of esters is 1. The Bertz CT molecular complexity index is 768. The first-order valence-corrected chi connectivity index (χ1v) is 8.47. The fourth-order valence-corrected chi connectivity index (χ4v) is 2.43. The minimum Gasteiger partial charge on any atom is -0.490 e. The maximum atomic E-state index is 12.0. The summed E-state index contributed by atoms with van der Waals surface area (Å²) in [6.07, 6.45) is 3.05. The number of hydrogen-bond donors (Lipinski definition) is 0. The van der Waals surface area contributed by atoms with Gasteiger partial charge in [-0.05, 0) is 68.3 Å². The molecule has 0 atom stereocenters. The topological polar surface area (TPSA) is 44.8 Å². The van der Waals surface area contributed by atoms with Crippen LogP contribution in [0.15, 0.2) is 42.5 Å². The average molecular weight is 361 g/mol. The molecule has 0 aromatic heterocycles. The van der Waals surface area contributed by atoms with Gasteiger partial charge in [-0.15, -0.1) is 0 Å². The van der Waals surface area contributed by atoms with Gasteiger partial charge < -0.3 is 14.2 Å². The molecule has 0 saturated heterocycles. The van der Waals surface area contributed by atoms with Crippen molar-refractivity contribution in [3.8, 4) is 17.2 Å². The van der Waals surface area contributed by atoms with E-state index in [1.165, 1.54) is 6.08 Å². The Balaban J connectivity index is 2.09. The molecule has 2 rings (SSSR count). The van der Waals surface area contributed by atoms with Crippen LogP contribution in [0.2, 0.25) is 5.02 Å². The maximum Gasteiger partial charge on any atom is 0.336 e. The van der Waals surface area contributed by atoms with Gasteiger partial charge in [-0.3, -0.25) is 0 Å². The van der Waals surface area contributed by atoms with Crippen LogP contribution in [-0.4, -0.2) is 19.2 Å². The summed E-state index contributed by atoms with van der Waals surface area (Å²) in [5.41, 5.74) is 1.62. The van der Waals surface area contributed by atoms with Crippen molar-refractivity contribution >= 4 is 23.6 Å². The second kappa shape index (κ2) is 9.14. The van der Waals surface area contributed by atoms with E-state index in [9.17, 15) is 4.79 Å². The monoisotopic (exact) mass is 360 g/mol. The summed E-state index contributed by atoms with van der Waals surface area (Å²) >= 11 is 5.89. The van der Waals surface area contributed by atoms with Gasteiger partial charge in [0.05, 0.1) is 13.2 Å². The van der Waals surface area contributed by atoms with Gasteiger partial charge in [0.2, 0.25) is 0 Å². The van der Waals surface area contributed by atoms with Crippen molar-refractivity contribution in [1.29, 1.82) is 0 Å². The maximum absolute atomic E-state index is 12.0. The van der Waals surface area contributed by atoms with E-state index in [-0.39, 0.29) is 0 Å². The number of carbonyl (C=O) groups is 1. The summed E-state index contributed by atoms with van der Waals surface area (Å²) in [7, 11) is 0. The molecular weight excluding hydrogens is 340 g/mol. The van der Waals surface area contributed by atoms with Crippen molar-refractivity contribution in [3.05, 3.63) is 58.6 Å². The van der Waals surface area contributed by atoms with Gasteiger partial charge in [-0.2, -0.15) is 0 Å². The molecule has 25 heavy (non-hydrogen) atoms. The molecule has 132 valence electrons. The molecule has 0 unspecified atom stereocenters. The highest BCUT2D eigenvalue weighted by Gasteiger charge is 2.07. The zero-order chi connectivity index (χ0) is 18.2. The van der Waals surface area contributed by atoms with Gasteiger partial charge in [-0.25, -0.2) is 4.79 Å². The second-order valence-corrected chi connectivity index (χ2v) is 5.67. The third kappa shape index (κ3) is 5.54. The number of benzene rings is 2. The van der Waals surface area contributed by atoms with Crippen molar-refractivity contribution in [3.63, 3.8) is 0 Å². The number of carbonyl (C=O) groups excluding carboxylic acids is 1. The molecule has 0 aliphatic carbocycles. The zero-order valence-electron chi connectivity index (χ0n) is 14.5. The molecule has 0 amide bonds. The molecular formula is C20H21ClO4. The summed E-state index contributed by atoms with van der Waals surface area (Å²) in [4.78, 5) is 12.0. The lowest BCUT2D eigenvalue weighted by Gasteiger charge is -2.11. The number of ether oxygens (including phenoxy) is 3. The fourth-order valence-electron chi connectivity index (χ4n) is 2.21. The summed E-state index contributed by atoms with van der Waals surface area (Å²) < 4.78 is 16.4. The van der Waals surface area contributed by atoms with E-state index in [2.05, 4.69) is 0 Å². The fraction of sp³-hybridized carbons (Fsp3) is 0.250. The van der Waals surface area contributed by atoms with E-state index in [0.717, 1.165) is 11.1 Å². The van der Waals surface area contributed by atoms with E-state index in [4.69, 9.17) is 25.8 Å². The van der Waals surface area contributed by atoms with Crippen LogP contribution in [0.5, 0.6) is 17.2 Å². The smallest absolute Gasteiger partial charge is 0.336 e. The lowest BCUT2D eigenvalue weighted by atomic mass is 10.2. The number of halogens is 1. The molecule has 0 bridgehead atoms. The van der Waals surface area contributed by atoms with E-state index < -0.39 is 5.97 Å². The Morgan fingerprint density at radius 2 is 1.68 bits per heavy atom. The second-order valence-electron chi connectivity index (χ2n) is 5.24. The van der Waals surface area contributed by atoms with E-state index in [1.54, 1.807) is 24.3 Å². The number of hydrogen-bond acceptors (Lipinski definition) is 4. The highest BCUT2D eigenvalue weighted by atomic mass is 35.5. The summed E-state index contributed by atoms with van der Waals surface area (Å²) in [6.45, 7) is 6.74. The first-order valence-electron chi connectivity index (χ1n) is 8.09. The zero-order valence-corrected chi connectivity index (χ0v) is 15.3. The van der Waals surface area contributed by atoms with Gasteiger partial charge in [0, 0.05) is 11.1 Å². The van der Waals surface area contributed by atoms with Gasteiger partial charge in [0.1, 0.15) is 5.75 Å². The minimum absolute atomic E-state index is 0.461. The Morgan fingerprint density at radius 3 is 2.36 bits per heavy atom. The van der Waals surface area contributed by atoms with Crippen molar-refractivity contribution in [2.45, 2.75) is 20.8 Å². The predicted molar refractivity (Wildman–Crippen MR) is 99.6 cm³/mol. The molecule has 0 aliphatic heterocycles. The molecule has 0 aliphatic rings. The minimum atomic E-state index is -0.461. The molecule has 0 heterocycles. The van der Waals surface area contributed by atoms with Crippen molar-refractivity contribution in [2.75, 3.05) is 13.2 Å². The number of aryl methyl sites for hydroxylation is 1. The molecule has 5 heteroatoms. The Hall–Kier alpha value is -2.46. The van der Waals surface area contributed by atoms with Crippen LogP contribution in [0.25, 0.3) is 6.08 Å².